The van der Waals surface area contributed by atoms with E-state index in [1.807, 2.05) is 36.6 Å². The molecule has 3 rings (SSSR count). The van der Waals surface area contributed by atoms with Gasteiger partial charge in [-0.3, -0.25) is 9.59 Å². The van der Waals surface area contributed by atoms with Gasteiger partial charge in [0, 0.05) is 22.2 Å². The minimum atomic E-state index is -0.441. The summed E-state index contributed by atoms with van der Waals surface area (Å²) in [6, 6.07) is 7.24. The van der Waals surface area contributed by atoms with Crippen molar-refractivity contribution < 1.29 is 9.59 Å². The lowest BCUT2D eigenvalue weighted by Gasteiger charge is -2.23. The van der Waals surface area contributed by atoms with Crippen LogP contribution in [0.15, 0.2) is 29.6 Å². The lowest BCUT2D eigenvalue weighted by atomic mass is 9.98. The van der Waals surface area contributed by atoms with Crippen LogP contribution in [0.25, 0.3) is 0 Å². The monoisotopic (exact) mass is 403 g/mol. The smallest absolute Gasteiger partial charge is 0.248 e. The van der Waals surface area contributed by atoms with Crippen LogP contribution < -0.4 is 5.32 Å². The van der Waals surface area contributed by atoms with Crippen LogP contribution in [-0.2, 0) is 21.4 Å². The Hall–Kier alpha value is -1.86. The number of amides is 2. The van der Waals surface area contributed by atoms with Crippen molar-refractivity contribution in [1.82, 2.24) is 9.88 Å². The quantitative estimate of drug-likeness (QED) is 0.843. The number of thiazole rings is 1. The molecule has 2 amide bonds. The molecule has 1 aromatic heterocycles. The number of hydrogen-bond acceptors (Lipinski definition) is 5. The fourth-order valence-electron chi connectivity index (χ4n) is 2.84. The Morgan fingerprint density at radius 2 is 2.11 bits per heavy atom. The van der Waals surface area contributed by atoms with Crippen LogP contribution in [0.5, 0.6) is 0 Å². The summed E-state index contributed by atoms with van der Waals surface area (Å²) < 4.78 is 0. The SMILES string of the molecule is Cc1cccc(NC(=O)C2CSCN2C(=O)Cc2csc(C(C)(C)C)n2)c1. The van der Waals surface area contributed by atoms with E-state index in [1.54, 1.807) is 28.0 Å². The molecule has 5 nitrogen and oxygen atoms in total. The third-order valence-corrected chi connectivity index (χ3v) is 6.65. The second-order valence-corrected chi connectivity index (χ2v) is 9.67. The van der Waals surface area contributed by atoms with E-state index in [0.717, 1.165) is 22.0 Å². The number of hydrogen-bond donors (Lipinski definition) is 1. The van der Waals surface area contributed by atoms with Gasteiger partial charge in [0.05, 0.1) is 23.0 Å². The number of nitrogens with one attached hydrogen (secondary N) is 1. The third kappa shape index (κ3) is 4.90. The Morgan fingerprint density at radius 3 is 2.78 bits per heavy atom. The average molecular weight is 404 g/mol. The summed E-state index contributed by atoms with van der Waals surface area (Å²) in [5.74, 6) is 0.983. The standard InChI is InChI=1S/C20H25N3O2S2/c1-13-6-5-7-14(8-13)21-18(25)16-11-26-12-23(16)17(24)9-15-10-27-19(22-15)20(2,3)4/h5-8,10,16H,9,11-12H2,1-4H3,(H,21,25). The fourth-order valence-corrected chi connectivity index (χ4v) is 4.93. The predicted octanol–water partition coefficient (Wildman–Crippen LogP) is 3.83. The van der Waals surface area contributed by atoms with Gasteiger partial charge < -0.3 is 10.2 Å². The fraction of sp³-hybridized carbons (Fsp3) is 0.450. The summed E-state index contributed by atoms with van der Waals surface area (Å²) in [7, 11) is 0. The highest BCUT2D eigenvalue weighted by Crippen LogP contribution is 2.27. The van der Waals surface area contributed by atoms with Gasteiger partial charge in [-0.25, -0.2) is 4.98 Å². The van der Waals surface area contributed by atoms with Crippen LogP contribution >= 0.6 is 23.1 Å². The van der Waals surface area contributed by atoms with Crippen molar-refractivity contribution in [2.45, 2.75) is 45.6 Å². The van der Waals surface area contributed by atoms with E-state index >= 15 is 0 Å². The lowest BCUT2D eigenvalue weighted by molar-refractivity contribution is -0.135. The Morgan fingerprint density at radius 1 is 1.33 bits per heavy atom. The first kappa shape index (κ1) is 19.9. The average Bonchev–Trinajstić information content (AvgIpc) is 3.23. The molecular weight excluding hydrogens is 378 g/mol. The number of nitrogens with zero attached hydrogens (tertiary/aromatic N) is 2. The van der Waals surface area contributed by atoms with Gasteiger partial charge in [-0.1, -0.05) is 32.9 Å². The van der Waals surface area contributed by atoms with E-state index < -0.39 is 6.04 Å². The summed E-state index contributed by atoms with van der Waals surface area (Å²) in [5, 5.41) is 5.91. The molecule has 27 heavy (non-hydrogen) atoms. The molecule has 1 aromatic carbocycles. The maximum atomic E-state index is 12.8. The second-order valence-electron chi connectivity index (χ2n) is 7.81. The van der Waals surface area contributed by atoms with Gasteiger partial charge >= 0.3 is 0 Å². The van der Waals surface area contributed by atoms with Crippen molar-refractivity contribution in [3.63, 3.8) is 0 Å². The molecule has 0 radical (unpaired) electrons. The zero-order chi connectivity index (χ0) is 19.6. The first-order valence-corrected chi connectivity index (χ1v) is 11.0. The third-order valence-electron chi connectivity index (χ3n) is 4.32. The van der Waals surface area contributed by atoms with E-state index in [0.29, 0.717) is 11.6 Å². The van der Waals surface area contributed by atoms with Gasteiger partial charge in [0.25, 0.3) is 0 Å². The summed E-state index contributed by atoms with van der Waals surface area (Å²) in [6.07, 6.45) is 0.237. The van der Waals surface area contributed by atoms with Crippen molar-refractivity contribution in [2.75, 3.05) is 16.9 Å². The molecule has 1 saturated heterocycles. The topological polar surface area (TPSA) is 62.3 Å². The molecule has 0 spiro atoms. The van der Waals surface area contributed by atoms with Crippen molar-refractivity contribution >= 4 is 40.6 Å². The molecule has 1 atom stereocenters. The zero-order valence-corrected chi connectivity index (χ0v) is 17.7. The molecule has 0 saturated carbocycles. The number of aryl methyl sites for hydroxylation is 1. The predicted molar refractivity (Wildman–Crippen MR) is 112 cm³/mol. The highest BCUT2D eigenvalue weighted by Gasteiger charge is 2.35. The number of anilines is 1. The molecule has 1 unspecified atom stereocenters. The molecule has 0 bridgehead atoms. The minimum absolute atomic E-state index is 0.0221. The minimum Gasteiger partial charge on any atom is -0.324 e. The highest BCUT2D eigenvalue weighted by atomic mass is 32.2. The van der Waals surface area contributed by atoms with Gasteiger partial charge in [0.1, 0.15) is 6.04 Å². The number of benzene rings is 1. The summed E-state index contributed by atoms with van der Waals surface area (Å²) in [4.78, 5) is 31.8. The first-order chi connectivity index (χ1) is 12.7. The van der Waals surface area contributed by atoms with Crippen LogP contribution in [0.1, 0.15) is 37.0 Å². The normalized spacial score (nSPS) is 17.2. The van der Waals surface area contributed by atoms with E-state index in [2.05, 4.69) is 31.1 Å². The summed E-state index contributed by atoms with van der Waals surface area (Å²) in [6.45, 7) is 8.32. The van der Waals surface area contributed by atoms with Crippen molar-refractivity contribution in [3.8, 4) is 0 Å². The molecule has 1 aliphatic heterocycles. The van der Waals surface area contributed by atoms with Crippen LogP contribution in [0.3, 0.4) is 0 Å². The molecule has 1 fully saturated rings. The molecule has 2 aromatic rings. The van der Waals surface area contributed by atoms with Crippen LogP contribution in [-0.4, -0.2) is 39.4 Å². The van der Waals surface area contributed by atoms with Crippen molar-refractivity contribution in [3.05, 3.63) is 45.9 Å². The molecule has 7 heteroatoms. The molecular formula is C20H25N3O2S2. The number of carbonyl (C=O) groups excluding carboxylic acids is 2. The molecule has 0 aliphatic carbocycles. The van der Waals surface area contributed by atoms with Crippen molar-refractivity contribution in [1.29, 1.82) is 0 Å². The molecule has 1 aliphatic rings. The summed E-state index contributed by atoms with van der Waals surface area (Å²) in [5.41, 5.74) is 2.61. The molecule has 2 heterocycles. The van der Waals surface area contributed by atoms with Gasteiger partial charge in [0.15, 0.2) is 0 Å². The Balaban J connectivity index is 1.65. The van der Waals surface area contributed by atoms with Gasteiger partial charge in [-0.05, 0) is 24.6 Å². The molecule has 144 valence electrons. The highest BCUT2D eigenvalue weighted by molar-refractivity contribution is 7.99. The van der Waals surface area contributed by atoms with E-state index in [9.17, 15) is 9.59 Å². The van der Waals surface area contributed by atoms with Crippen molar-refractivity contribution in [2.24, 2.45) is 0 Å². The maximum absolute atomic E-state index is 12.8. The number of carbonyl (C=O) groups is 2. The largest absolute Gasteiger partial charge is 0.324 e. The zero-order valence-electron chi connectivity index (χ0n) is 16.1. The Kier molecular flexibility index (Phi) is 5.91. The summed E-state index contributed by atoms with van der Waals surface area (Å²) >= 11 is 3.19. The van der Waals surface area contributed by atoms with Gasteiger partial charge in [-0.15, -0.1) is 23.1 Å². The molecule has 1 N–H and O–H groups in total. The first-order valence-electron chi connectivity index (χ1n) is 8.93. The van der Waals surface area contributed by atoms with E-state index in [-0.39, 0.29) is 23.7 Å². The second kappa shape index (κ2) is 8.02. The van der Waals surface area contributed by atoms with E-state index in [1.165, 1.54) is 0 Å². The number of thioether (sulfide) groups is 1. The van der Waals surface area contributed by atoms with Gasteiger partial charge in [0.2, 0.25) is 11.8 Å². The van der Waals surface area contributed by atoms with Crippen LogP contribution in [0, 0.1) is 6.92 Å². The Labute approximate surface area is 168 Å². The number of rotatable bonds is 4. The maximum Gasteiger partial charge on any atom is 0.248 e. The number of aromatic nitrogens is 1. The van der Waals surface area contributed by atoms with Crippen LogP contribution in [0.2, 0.25) is 0 Å². The Bertz CT molecular complexity index is 842. The van der Waals surface area contributed by atoms with Gasteiger partial charge in [-0.2, -0.15) is 0 Å². The van der Waals surface area contributed by atoms with E-state index in [4.69, 9.17) is 0 Å². The lowest BCUT2D eigenvalue weighted by Crippen LogP contribution is -2.45. The van der Waals surface area contributed by atoms with Crippen LogP contribution in [0.4, 0.5) is 5.69 Å².